The molecule has 0 aliphatic carbocycles. The predicted molar refractivity (Wildman–Crippen MR) is 116 cm³/mol. The third-order valence-electron chi connectivity index (χ3n) is 4.28. The molecule has 2 aromatic carbocycles. The van der Waals surface area contributed by atoms with E-state index < -0.39 is 0 Å². The molecular weight excluding hydrogens is 368 g/mol. The van der Waals surface area contributed by atoms with Crippen LogP contribution in [0, 0.1) is 20.8 Å². The maximum Gasteiger partial charge on any atom is 0.234 e. The summed E-state index contributed by atoms with van der Waals surface area (Å²) < 4.78 is 2.10. The number of carbonyl (C=O) groups is 1. The van der Waals surface area contributed by atoms with E-state index in [4.69, 9.17) is 0 Å². The lowest BCUT2D eigenvalue weighted by Gasteiger charge is -2.10. The van der Waals surface area contributed by atoms with Gasteiger partial charge in [0.05, 0.1) is 5.75 Å². The van der Waals surface area contributed by atoms with Gasteiger partial charge in [-0.25, -0.2) is 0 Å². The number of amides is 1. The Morgan fingerprint density at radius 2 is 1.79 bits per heavy atom. The molecule has 0 aliphatic heterocycles. The summed E-state index contributed by atoms with van der Waals surface area (Å²) >= 11 is 1.42. The monoisotopic (exact) mass is 394 g/mol. The third-order valence-corrected chi connectivity index (χ3v) is 5.24. The van der Waals surface area contributed by atoms with Crippen LogP contribution in [0.4, 0.5) is 5.69 Å². The van der Waals surface area contributed by atoms with Crippen molar-refractivity contribution in [1.82, 2.24) is 14.8 Å². The quantitative estimate of drug-likeness (QED) is 0.572. The molecule has 0 unspecified atom stereocenters. The van der Waals surface area contributed by atoms with Crippen molar-refractivity contribution in [2.75, 3.05) is 11.1 Å². The number of carbonyl (C=O) groups excluding carboxylic acids is 1. The molecule has 1 heterocycles. The Hall–Kier alpha value is -2.60. The van der Waals surface area contributed by atoms with E-state index in [9.17, 15) is 4.79 Å². The second kappa shape index (κ2) is 9.06. The van der Waals surface area contributed by atoms with E-state index in [2.05, 4.69) is 52.1 Å². The first kappa shape index (κ1) is 20.1. The van der Waals surface area contributed by atoms with Crippen LogP contribution in [-0.2, 0) is 11.3 Å². The molecule has 5 nitrogen and oxygen atoms in total. The van der Waals surface area contributed by atoms with E-state index in [1.807, 2.05) is 38.1 Å². The Balaban J connectivity index is 1.72. The fourth-order valence-corrected chi connectivity index (χ4v) is 3.96. The van der Waals surface area contributed by atoms with Crippen LogP contribution in [0.3, 0.4) is 0 Å². The smallest absolute Gasteiger partial charge is 0.234 e. The normalized spacial score (nSPS) is 10.9. The van der Waals surface area contributed by atoms with Crippen LogP contribution in [0.2, 0.25) is 0 Å². The number of anilines is 1. The number of rotatable bonds is 7. The lowest BCUT2D eigenvalue weighted by Crippen LogP contribution is -2.15. The summed E-state index contributed by atoms with van der Waals surface area (Å²) in [6, 6.07) is 14.3. The second-order valence-electron chi connectivity index (χ2n) is 7.04. The van der Waals surface area contributed by atoms with Gasteiger partial charge in [0.15, 0.2) is 11.0 Å². The van der Waals surface area contributed by atoms with Gasteiger partial charge in [-0.3, -0.25) is 4.79 Å². The molecule has 3 rings (SSSR count). The molecule has 0 atom stereocenters. The average Bonchev–Trinajstić information content (AvgIpc) is 3.02. The van der Waals surface area contributed by atoms with E-state index >= 15 is 0 Å². The zero-order valence-corrected chi connectivity index (χ0v) is 17.6. The van der Waals surface area contributed by atoms with Crippen molar-refractivity contribution < 1.29 is 4.79 Å². The number of aryl methyl sites for hydroxylation is 3. The van der Waals surface area contributed by atoms with Gasteiger partial charge in [0.1, 0.15) is 0 Å². The molecule has 0 fully saturated rings. The van der Waals surface area contributed by atoms with Crippen molar-refractivity contribution in [2.24, 2.45) is 0 Å². The second-order valence-corrected chi connectivity index (χ2v) is 7.98. The van der Waals surface area contributed by atoms with Crippen LogP contribution < -0.4 is 5.32 Å². The molecule has 146 valence electrons. The lowest BCUT2D eigenvalue weighted by atomic mass is 10.1. The number of nitrogens with zero attached hydrogens (tertiary/aromatic N) is 3. The maximum atomic E-state index is 12.4. The molecule has 3 aromatic rings. The minimum atomic E-state index is -0.0434. The summed E-state index contributed by atoms with van der Waals surface area (Å²) in [6.45, 7) is 9.06. The van der Waals surface area contributed by atoms with Crippen LogP contribution in [-0.4, -0.2) is 26.4 Å². The topological polar surface area (TPSA) is 59.8 Å². The van der Waals surface area contributed by atoms with Gasteiger partial charge in [-0.1, -0.05) is 48.5 Å². The first-order valence-corrected chi connectivity index (χ1v) is 10.5. The number of aromatic nitrogens is 3. The summed E-state index contributed by atoms with van der Waals surface area (Å²) in [4.78, 5) is 12.4. The van der Waals surface area contributed by atoms with Gasteiger partial charge in [-0.15, -0.1) is 10.2 Å². The molecule has 6 heteroatoms. The van der Waals surface area contributed by atoms with Gasteiger partial charge in [-0.2, -0.15) is 0 Å². The van der Waals surface area contributed by atoms with E-state index in [0.717, 1.165) is 46.3 Å². The van der Waals surface area contributed by atoms with Crippen molar-refractivity contribution in [3.05, 3.63) is 59.2 Å². The highest BCUT2D eigenvalue weighted by molar-refractivity contribution is 7.99. The number of hydrogen-bond donors (Lipinski definition) is 1. The van der Waals surface area contributed by atoms with Crippen molar-refractivity contribution in [3.63, 3.8) is 0 Å². The highest BCUT2D eigenvalue weighted by Crippen LogP contribution is 2.25. The summed E-state index contributed by atoms with van der Waals surface area (Å²) in [5.74, 6) is 1.10. The Morgan fingerprint density at radius 3 is 2.46 bits per heavy atom. The van der Waals surface area contributed by atoms with Gasteiger partial charge in [0, 0.05) is 17.8 Å². The van der Waals surface area contributed by atoms with Crippen molar-refractivity contribution >= 4 is 23.4 Å². The Labute approximate surface area is 170 Å². The number of nitrogens with one attached hydrogen (secondary N) is 1. The molecule has 0 saturated carbocycles. The highest BCUT2D eigenvalue weighted by atomic mass is 32.2. The molecule has 0 spiro atoms. The number of hydrogen-bond acceptors (Lipinski definition) is 4. The van der Waals surface area contributed by atoms with Crippen LogP contribution in [0.1, 0.15) is 30.0 Å². The molecule has 0 bridgehead atoms. The van der Waals surface area contributed by atoms with Gasteiger partial charge in [0.2, 0.25) is 5.91 Å². The molecule has 28 heavy (non-hydrogen) atoms. The standard InChI is InChI=1S/C22H26N4OS/c1-5-9-26-21(18-8-6-7-15(2)11-18)24-25-22(26)28-14-20(27)23-19-12-16(3)10-17(4)13-19/h6-8,10-13H,5,9,14H2,1-4H3,(H,23,27). The van der Waals surface area contributed by atoms with E-state index in [-0.39, 0.29) is 5.91 Å². The summed E-state index contributed by atoms with van der Waals surface area (Å²) in [5.41, 5.74) is 5.33. The van der Waals surface area contributed by atoms with Crippen molar-refractivity contribution in [2.45, 2.75) is 45.8 Å². The molecular formula is C22H26N4OS. The number of benzene rings is 2. The predicted octanol–water partition coefficient (Wildman–Crippen LogP) is 5.01. The zero-order chi connectivity index (χ0) is 20.1. The van der Waals surface area contributed by atoms with E-state index in [0.29, 0.717) is 5.75 Å². The van der Waals surface area contributed by atoms with Crippen molar-refractivity contribution in [1.29, 1.82) is 0 Å². The zero-order valence-electron chi connectivity index (χ0n) is 16.8. The van der Waals surface area contributed by atoms with Crippen LogP contribution >= 0.6 is 11.8 Å². The molecule has 0 aliphatic rings. The van der Waals surface area contributed by atoms with Gasteiger partial charge in [-0.05, 0) is 56.5 Å². The van der Waals surface area contributed by atoms with Crippen LogP contribution in [0.15, 0.2) is 47.6 Å². The van der Waals surface area contributed by atoms with E-state index in [1.54, 1.807) is 0 Å². The van der Waals surface area contributed by atoms with Gasteiger partial charge in [0.25, 0.3) is 0 Å². The van der Waals surface area contributed by atoms with Crippen LogP contribution in [0.25, 0.3) is 11.4 Å². The molecule has 0 radical (unpaired) electrons. The third kappa shape index (κ3) is 5.01. The van der Waals surface area contributed by atoms with Crippen LogP contribution in [0.5, 0.6) is 0 Å². The van der Waals surface area contributed by atoms with Gasteiger partial charge < -0.3 is 9.88 Å². The van der Waals surface area contributed by atoms with E-state index in [1.165, 1.54) is 17.3 Å². The first-order valence-electron chi connectivity index (χ1n) is 9.47. The summed E-state index contributed by atoms with van der Waals surface area (Å²) in [6.07, 6.45) is 0.971. The minimum absolute atomic E-state index is 0.0434. The Bertz CT molecular complexity index is 960. The molecule has 1 aromatic heterocycles. The summed E-state index contributed by atoms with van der Waals surface area (Å²) in [5, 5.41) is 12.5. The molecule has 0 saturated heterocycles. The largest absolute Gasteiger partial charge is 0.325 e. The fourth-order valence-electron chi connectivity index (χ4n) is 3.19. The Kier molecular flexibility index (Phi) is 6.52. The van der Waals surface area contributed by atoms with Crippen molar-refractivity contribution in [3.8, 4) is 11.4 Å². The SMILES string of the molecule is CCCn1c(SCC(=O)Nc2cc(C)cc(C)c2)nnc1-c1cccc(C)c1. The Morgan fingerprint density at radius 1 is 1.04 bits per heavy atom. The number of thioether (sulfide) groups is 1. The lowest BCUT2D eigenvalue weighted by molar-refractivity contribution is -0.113. The minimum Gasteiger partial charge on any atom is -0.325 e. The molecule has 1 N–H and O–H groups in total. The first-order chi connectivity index (χ1) is 13.5. The average molecular weight is 395 g/mol. The highest BCUT2D eigenvalue weighted by Gasteiger charge is 2.15. The maximum absolute atomic E-state index is 12.4. The summed E-state index contributed by atoms with van der Waals surface area (Å²) in [7, 11) is 0. The van der Waals surface area contributed by atoms with Gasteiger partial charge >= 0.3 is 0 Å². The molecule has 1 amide bonds. The fraction of sp³-hybridized carbons (Fsp3) is 0.318.